The molecule has 0 bridgehead atoms. The summed E-state index contributed by atoms with van der Waals surface area (Å²) in [7, 11) is 0. The molecule has 0 fully saturated rings. The van der Waals surface area contributed by atoms with Gasteiger partial charge in [0.25, 0.3) is 5.91 Å². The fourth-order valence-corrected chi connectivity index (χ4v) is 2.74. The van der Waals surface area contributed by atoms with Gasteiger partial charge in [0.15, 0.2) is 5.60 Å². The molecule has 0 saturated carbocycles. The van der Waals surface area contributed by atoms with E-state index in [0.717, 1.165) is 0 Å². The first-order valence-corrected chi connectivity index (χ1v) is 8.11. The van der Waals surface area contributed by atoms with Gasteiger partial charge in [-0.2, -0.15) is 0 Å². The van der Waals surface area contributed by atoms with E-state index in [0.29, 0.717) is 11.4 Å². The largest absolute Gasteiger partial charge is 0.478 e. The Morgan fingerprint density at radius 2 is 1.85 bits per heavy atom. The van der Waals surface area contributed by atoms with Crippen LogP contribution in [-0.4, -0.2) is 35.0 Å². The number of carbonyl (C=O) groups excluding carboxylic acids is 2. The number of anilines is 2. The lowest BCUT2D eigenvalue weighted by Gasteiger charge is -2.38. The van der Waals surface area contributed by atoms with Crippen molar-refractivity contribution in [3.63, 3.8) is 0 Å². The highest BCUT2D eigenvalue weighted by Gasteiger charge is 2.41. The summed E-state index contributed by atoms with van der Waals surface area (Å²) in [5, 5.41) is 11.7. The third kappa shape index (κ3) is 3.74. The number of halogens is 1. The Bertz CT molecular complexity index is 924. The van der Waals surface area contributed by atoms with Gasteiger partial charge in [-0.05, 0) is 56.3 Å². The van der Waals surface area contributed by atoms with E-state index in [1.165, 1.54) is 61.2 Å². The number of carbonyl (C=O) groups is 3. The second-order valence-electron chi connectivity index (χ2n) is 6.55. The van der Waals surface area contributed by atoms with Gasteiger partial charge in [0.1, 0.15) is 18.1 Å². The van der Waals surface area contributed by atoms with Gasteiger partial charge < -0.3 is 15.2 Å². The number of nitrogens with zero attached hydrogens (tertiary/aromatic N) is 1. The van der Waals surface area contributed by atoms with Crippen LogP contribution in [0, 0.1) is 5.82 Å². The molecule has 2 amide bonds. The maximum atomic E-state index is 13.0. The number of carboxylic acids is 1. The van der Waals surface area contributed by atoms with Gasteiger partial charge in [0, 0.05) is 5.69 Å². The summed E-state index contributed by atoms with van der Waals surface area (Å²) < 4.78 is 18.6. The van der Waals surface area contributed by atoms with E-state index < -0.39 is 29.2 Å². The first kappa shape index (κ1) is 18.4. The number of fused-ring (bicyclic) bond motifs is 1. The number of carboxylic acid groups (broad SMARTS) is 1. The summed E-state index contributed by atoms with van der Waals surface area (Å²) in [4.78, 5) is 37.5. The molecule has 0 atom stereocenters. The fourth-order valence-electron chi connectivity index (χ4n) is 2.74. The lowest BCUT2D eigenvalue weighted by atomic mass is 10.0. The molecular weight excluding hydrogens is 355 g/mol. The van der Waals surface area contributed by atoms with Gasteiger partial charge >= 0.3 is 5.97 Å². The van der Waals surface area contributed by atoms with Crippen LogP contribution in [0.1, 0.15) is 24.2 Å². The number of hydrogen-bond donors (Lipinski definition) is 2. The average Bonchev–Trinajstić information content (AvgIpc) is 2.60. The van der Waals surface area contributed by atoms with Crippen LogP contribution in [0.4, 0.5) is 15.8 Å². The standard InChI is InChI=1S/C19H17FN2O5/c1-19(2)18(26)22(10-16(23)21-13-6-4-12(20)5-7-13)14-8-3-11(17(24)25)9-15(14)27-19/h3-9H,10H2,1-2H3,(H,21,23)(H,24,25). The van der Waals surface area contributed by atoms with Gasteiger partial charge in [0.2, 0.25) is 5.91 Å². The van der Waals surface area contributed by atoms with E-state index in [9.17, 15) is 18.8 Å². The second-order valence-corrected chi connectivity index (χ2v) is 6.55. The molecule has 7 nitrogen and oxygen atoms in total. The Balaban J connectivity index is 1.87. The highest BCUT2D eigenvalue weighted by Crippen LogP contribution is 2.38. The molecule has 0 aromatic heterocycles. The van der Waals surface area contributed by atoms with Crippen LogP contribution in [-0.2, 0) is 9.59 Å². The Morgan fingerprint density at radius 3 is 2.48 bits per heavy atom. The van der Waals surface area contributed by atoms with Gasteiger partial charge in [-0.3, -0.25) is 14.5 Å². The zero-order valence-corrected chi connectivity index (χ0v) is 14.7. The lowest BCUT2D eigenvalue weighted by Crippen LogP contribution is -2.54. The minimum Gasteiger partial charge on any atom is -0.478 e. The third-order valence-electron chi connectivity index (χ3n) is 4.05. The third-order valence-corrected chi connectivity index (χ3v) is 4.05. The van der Waals surface area contributed by atoms with Crippen molar-refractivity contribution >= 4 is 29.2 Å². The van der Waals surface area contributed by atoms with Crippen LogP contribution in [0.3, 0.4) is 0 Å². The number of aromatic carboxylic acids is 1. The molecule has 140 valence electrons. The monoisotopic (exact) mass is 372 g/mol. The number of hydrogen-bond acceptors (Lipinski definition) is 4. The summed E-state index contributed by atoms with van der Waals surface area (Å²) in [5.74, 6) is -2.28. The van der Waals surface area contributed by atoms with Crippen molar-refractivity contribution in [3.8, 4) is 5.75 Å². The quantitative estimate of drug-likeness (QED) is 0.860. The predicted octanol–water partition coefficient (Wildman–Crippen LogP) is 2.67. The SMILES string of the molecule is CC1(C)Oc2cc(C(=O)O)ccc2N(CC(=O)Nc2ccc(F)cc2)C1=O. The topological polar surface area (TPSA) is 95.9 Å². The van der Waals surface area contributed by atoms with Crippen LogP contribution < -0.4 is 15.0 Å². The fraction of sp³-hybridized carbons (Fsp3) is 0.211. The van der Waals surface area contributed by atoms with E-state index in [2.05, 4.69) is 5.32 Å². The van der Waals surface area contributed by atoms with Crippen LogP contribution >= 0.6 is 0 Å². The van der Waals surface area contributed by atoms with Gasteiger partial charge in [-0.1, -0.05) is 0 Å². The zero-order valence-electron chi connectivity index (χ0n) is 14.7. The Kier molecular flexibility index (Phi) is 4.57. The summed E-state index contributed by atoms with van der Waals surface area (Å²) in [6.07, 6.45) is 0. The molecule has 1 heterocycles. The van der Waals surface area contributed by atoms with E-state index >= 15 is 0 Å². The average molecular weight is 372 g/mol. The number of benzene rings is 2. The first-order valence-electron chi connectivity index (χ1n) is 8.11. The molecule has 0 spiro atoms. The highest BCUT2D eigenvalue weighted by molar-refractivity contribution is 6.08. The van der Waals surface area contributed by atoms with Crippen molar-refractivity contribution in [1.82, 2.24) is 0 Å². The number of ether oxygens (including phenoxy) is 1. The number of amides is 2. The molecule has 1 aliphatic rings. The van der Waals surface area contributed by atoms with Crippen molar-refractivity contribution in [3.05, 3.63) is 53.8 Å². The summed E-state index contributed by atoms with van der Waals surface area (Å²) >= 11 is 0. The Hall–Kier alpha value is -3.42. The lowest BCUT2D eigenvalue weighted by molar-refractivity contribution is -0.133. The highest BCUT2D eigenvalue weighted by atomic mass is 19.1. The minimum atomic E-state index is -1.26. The molecule has 0 aliphatic carbocycles. The Labute approximate surface area is 154 Å². The number of nitrogens with one attached hydrogen (secondary N) is 1. The number of rotatable bonds is 4. The molecule has 2 N–H and O–H groups in total. The second kappa shape index (κ2) is 6.71. The van der Waals surface area contributed by atoms with Crippen LogP contribution in [0.2, 0.25) is 0 Å². The molecule has 2 aromatic carbocycles. The summed E-state index contributed by atoms with van der Waals surface area (Å²) in [5.41, 5.74) is -0.559. The molecule has 27 heavy (non-hydrogen) atoms. The summed E-state index contributed by atoms with van der Waals surface area (Å²) in [6, 6.07) is 9.31. The molecule has 0 saturated heterocycles. The molecular formula is C19H17FN2O5. The van der Waals surface area contributed by atoms with Crippen molar-refractivity contribution in [2.24, 2.45) is 0 Å². The normalized spacial score (nSPS) is 14.9. The van der Waals surface area contributed by atoms with E-state index in [4.69, 9.17) is 9.84 Å². The van der Waals surface area contributed by atoms with Crippen molar-refractivity contribution in [2.75, 3.05) is 16.8 Å². The van der Waals surface area contributed by atoms with Crippen LogP contribution in [0.5, 0.6) is 5.75 Å². The van der Waals surface area contributed by atoms with Crippen molar-refractivity contribution in [1.29, 1.82) is 0 Å². The molecule has 2 aromatic rings. The predicted molar refractivity (Wildman–Crippen MR) is 95.5 cm³/mol. The maximum Gasteiger partial charge on any atom is 0.335 e. The molecule has 0 unspecified atom stereocenters. The van der Waals surface area contributed by atoms with Crippen molar-refractivity contribution < 1.29 is 28.6 Å². The minimum absolute atomic E-state index is 0.00890. The van der Waals surface area contributed by atoms with Crippen molar-refractivity contribution in [2.45, 2.75) is 19.4 Å². The van der Waals surface area contributed by atoms with E-state index in [-0.39, 0.29) is 17.9 Å². The zero-order chi connectivity index (χ0) is 19.8. The smallest absolute Gasteiger partial charge is 0.335 e. The maximum absolute atomic E-state index is 13.0. The van der Waals surface area contributed by atoms with E-state index in [1.807, 2.05) is 0 Å². The molecule has 3 rings (SSSR count). The van der Waals surface area contributed by atoms with Gasteiger partial charge in [0.05, 0.1) is 11.3 Å². The van der Waals surface area contributed by atoms with Gasteiger partial charge in [-0.15, -0.1) is 0 Å². The molecule has 1 aliphatic heterocycles. The van der Waals surface area contributed by atoms with Crippen LogP contribution in [0.15, 0.2) is 42.5 Å². The van der Waals surface area contributed by atoms with E-state index in [1.54, 1.807) is 0 Å². The Morgan fingerprint density at radius 1 is 1.19 bits per heavy atom. The van der Waals surface area contributed by atoms with Crippen LogP contribution in [0.25, 0.3) is 0 Å². The molecule has 0 radical (unpaired) electrons. The van der Waals surface area contributed by atoms with Gasteiger partial charge in [-0.25, -0.2) is 9.18 Å². The summed E-state index contributed by atoms with van der Waals surface area (Å²) in [6.45, 7) is 2.77. The molecule has 8 heteroatoms. The first-order chi connectivity index (χ1) is 12.7.